The fourth-order valence-electron chi connectivity index (χ4n) is 1.85. The number of ether oxygens (including phenoxy) is 1. The highest BCUT2D eigenvalue weighted by molar-refractivity contribution is 4.75. The third-order valence-electron chi connectivity index (χ3n) is 2.68. The molecule has 2 unspecified atom stereocenters. The Bertz CT molecular complexity index is 151. The van der Waals surface area contributed by atoms with E-state index in [0.29, 0.717) is 6.54 Å². The Hall–Kier alpha value is -0.160. The lowest BCUT2D eigenvalue weighted by atomic mass is 10.2. The van der Waals surface area contributed by atoms with Gasteiger partial charge in [-0.15, -0.1) is 0 Å². The minimum atomic E-state index is -0.126. The van der Waals surface area contributed by atoms with Gasteiger partial charge in [0.2, 0.25) is 0 Å². The molecule has 0 bridgehead atoms. The highest BCUT2D eigenvalue weighted by atomic mass is 16.5. The van der Waals surface area contributed by atoms with Crippen LogP contribution in [0.15, 0.2) is 0 Å². The van der Waals surface area contributed by atoms with E-state index in [1.54, 1.807) is 0 Å². The van der Waals surface area contributed by atoms with Crippen molar-refractivity contribution in [3.63, 3.8) is 0 Å². The normalized spacial score (nSPS) is 25.5. The number of likely N-dealkylation sites (tertiary alicyclic amines) is 1. The summed E-state index contributed by atoms with van der Waals surface area (Å²) in [5.74, 6) is 0. The second kappa shape index (κ2) is 6.35. The molecule has 1 aliphatic heterocycles. The summed E-state index contributed by atoms with van der Waals surface area (Å²) in [6.07, 6.45) is 1.93. The lowest BCUT2D eigenvalue weighted by Gasteiger charge is -2.19. The molecular weight excluding hydrogens is 180 g/mol. The lowest BCUT2D eigenvalue weighted by molar-refractivity contribution is 0.0550. The zero-order valence-electron chi connectivity index (χ0n) is 8.98. The van der Waals surface area contributed by atoms with Gasteiger partial charge in [0.05, 0.1) is 12.2 Å². The van der Waals surface area contributed by atoms with Crippen molar-refractivity contribution >= 4 is 0 Å². The predicted octanol–water partition coefficient (Wildman–Crippen LogP) is -0.193. The summed E-state index contributed by atoms with van der Waals surface area (Å²) in [4.78, 5) is 2.27. The quantitative estimate of drug-likeness (QED) is 0.626. The van der Waals surface area contributed by atoms with Crippen LogP contribution in [0.1, 0.15) is 19.8 Å². The van der Waals surface area contributed by atoms with Crippen molar-refractivity contribution in [1.29, 1.82) is 0 Å². The van der Waals surface area contributed by atoms with E-state index in [1.165, 1.54) is 0 Å². The molecule has 0 aromatic carbocycles. The Morgan fingerprint density at radius 1 is 1.64 bits per heavy atom. The van der Waals surface area contributed by atoms with Crippen molar-refractivity contribution < 1.29 is 9.84 Å². The first-order valence-corrected chi connectivity index (χ1v) is 5.48. The van der Waals surface area contributed by atoms with Gasteiger partial charge in [0.25, 0.3) is 0 Å². The fourth-order valence-corrected chi connectivity index (χ4v) is 1.85. The second-order valence-electron chi connectivity index (χ2n) is 3.84. The van der Waals surface area contributed by atoms with E-state index in [4.69, 9.17) is 10.5 Å². The molecule has 0 radical (unpaired) electrons. The zero-order valence-corrected chi connectivity index (χ0v) is 8.98. The van der Waals surface area contributed by atoms with E-state index >= 15 is 0 Å². The number of hydrogen-bond donors (Lipinski definition) is 2. The zero-order chi connectivity index (χ0) is 10.4. The van der Waals surface area contributed by atoms with Crippen molar-refractivity contribution in [1.82, 2.24) is 4.90 Å². The maximum Gasteiger partial charge on any atom is 0.0709 e. The molecule has 0 spiro atoms. The van der Waals surface area contributed by atoms with Gasteiger partial charge in [0.15, 0.2) is 0 Å². The first-order chi connectivity index (χ1) is 6.76. The van der Waals surface area contributed by atoms with Crippen LogP contribution in [0, 0.1) is 0 Å². The number of aliphatic hydroxyl groups is 1. The first kappa shape index (κ1) is 11.9. The molecule has 4 heteroatoms. The molecule has 1 fully saturated rings. The standard InChI is InChI=1S/C10H22N2O2/c1-2-14-10(7-11)4-6-12-5-3-9(13)8-12/h9-10,13H,2-8,11H2,1H3. The molecule has 2 atom stereocenters. The van der Waals surface area contributed by atoms with E-state index in [2.05, 4.69) is 4.90 Å². The minimum Gasteiger partial charge on any atom is -0.392 e. The van der Waals surface area contributed by atoms with Crippen LogP contribution < -0.4 is 5.73 Å². The summed E-state index contributed by atoms with van der Waals surface area (Å²) >= 11 is 0. The van der Waals surface area contributed by atoms with Gasteiger partial charge >= 0.3 is 0 Å². The molecule has 3 N–H and O–H groups in total. The summed E-state index contributed by atoms with van der Waals surface area (Å²) in [5, 5.41) is 9.33. The summed E-state index contributed by atoms with van der Waals surface area (Å²) in [7, 11) is 0. The largest absolute Gasteiger partial charge is 0.392 e. The molecule has 14 heavy (non-hydrogen) atoms. The third kappa shape index (κ3) is 3.92. The van der Waals surface area contributed by atoms with Crippen LogP contribution in [0.5, 0.6) is 0 Å². The molecule has 0 aromatic rings. The molecule has 0 saturated carbocycles. The van der Waals surface area contributed by atoms with Crippen molar-refractivity contribution in [2.75, 3.05) is 32.8 Å². The average molecular weight is 202 g/mol. The molecule has 0 aromatic heterocycles. The van der Waals surface area contributed by atoms with Gasteiger partial charge in [0, 0.05) is 32.8 Å². The number of rotatable bonds is 6. The number of nitrogens with two attached hydrogens (primary N) is 1. The summed E-state index contributed by atoms with van der Waals surface area (Å²) in [5.41, 5.74) is 5.58. The molecule has 84 valence electrons. The summed E-state index contributed by atoms with van der Waals surface area (Å²) in [6, 6.07) is 0. The van der Waals surface area contributed by atoms with E-state index in [9.17, 15) is 5.11 Å². The molecule has 1 rings (SSSR count). The van der Waals surface area contributed by atoms with Crippen molar-refractivity contribution in [3.05, 3.63) is 0 Å². The summed E-state index contributed by atoms with van der Waals surface area (Å²) in [6.45, 7) is 6.10. The number of aliphatic hydroxyl groups excluding tert-OH is 1. The van der Waals surface area contributed by atoms with Crippen LogP contribution in [0.4, 0.5) is 0 Å². The molecule has 4 nitrogen and oxygen atoms in total. The molecule has 1 heterocycles. The van der Waals surface area contributed by atoms with Crippen LogP contribution >= 0.6 is 0 Å². The van der Waals surface area contributed by atoms with Crippen molar-refractivity contribution in [2.24, 2.45) is 5.73 Å². The van der Waals surface area contributed by atoms with Gasteiger partial charge in [-0.25, -0.2) is 0 Å². The lowest BCUT2D eigenvalue weighted by Crippen LogP contribution is -2.31. The fraction of sp³-hybridized carbons (Fsp3) is 1.00. The number of hydrogen-bond acceptors (Lipinski definition) is 4. The molecule has 1 aliphatic rings. The minimum absolute atomic E-state index is 0.126. The van der Waals surface area contributed by atoms with Gasteiger partial charge in [0.1, 0.15) is 0 Å². The van der Waals surface area contributed by atoms with E-state index in [0.717, 1.165) is 39.1 Å². The Balaban J connectivity index is 2.12. The van der Waals surface area contributed by atoms with Crippen molar-refractivity contribution in [3.8, 4) is 0 Å². The molecule has 0 amide bonds. The van der Waals surface area contributed by atoms with Crippen LogP contribution in [0.2, 0.25) is 0 Å². The highest BCUT2D eigenvalue weighted by Crippen LogP contribution is 2.10. The Morgan fingerprint density at radius 2 is 2.43 bits per heavy atom. The van der Waals surface area contributed by atoms with Gasteiger partial charge < -0.3 is 20.5 Å². The van der Waals surface area contributed by atoms with Gasteiger partial charge in [-0.3, -0.25) is 0 Å². The monoisotopic (exact) mass is 202 g/mol. The number of β-amino-alcohol motifs (C(OH)–C–C–N with tert-alkyl or cyclic N) is 1. The van der Waals surface area contributed by atoms with E-state index in [1.807, 2.05) is 6.92 Å². The Kier molecular flexibility index (Phi) is 5.40. The topological polar surface area (TPSA) is 58.7 Å². The van der Waals surface area contributed by atoms with Gasteiger partial charge in [-0.2, -0.15) is 0 Å². The predicted molar refractivity (Wildman–Crippen MR) is 56.1 cm³/mol. The number of nitrogens with zero attached hydrogens (tertiary/aromatic N) is 1. The maximum absolute atomic E-state index is 9.33. The Labute approximate surface area is 86.0 Å². The van der Waals surface area contributed by atoms with Crippen LogP contribution in [-0.4, -0.2) is 55.0 Å². The summed E-state index contributed by atoms with van der Waals surface area (Å²) < 4.78 is 5.46. The molecular formula is C10H22N2O2. The van der Waals surface area contributed by atoms with E-state index in [-0.39, 0.29) is 12.2 Å². The van der Waals surface area contributed by atoms with E-state index < -0.39 is 0 Å². The Morgan fingerprint density at radius 3 is 2.93 bits per heavy atom. The van der Waals surface area contributed by atoms with Crippen LogP contribution in [0.3, 0.4) is 0 Å². The van der Waals surface area contributed by atoms with Crippen LogP contribution in [-0.2, 0) is 4.74 Å². The second-order valence-corrected chi connectivity index (χ2v) is 3.84. The average Bonchev–Trinajstić information content (AvgIpc) is 2.59. The van der Waals surface area contributed by atoms with Crippen molar-refractivity contribution in [2.45, 2.75) is 32.0 Å². The smallest absolute Gasteiger partial charge is 0.0709 e. The molecule has 0 aliphatic carbocycles. The first-order valence-electron chi connectivity index (χ1n) is 5.48. The maximum atomic E-state index is 9.33. The van der Waals surface area contributed by atoms with Gasteiger partial charge in [-0.05, 0) is 19.8 Å². The third-order valence-corrected chi connectivity index (χ3v) is 2.68. The van der Waals surface area contributed by atoms with Crippen LogP contribution in [0.25, 0.3) is 0 Å². The van der Waals surface area contributed by atoms with Gasteiger partial charge in [-0.1, -0.05) is 0 Å². The SMILES string of the molecule is CCOC(CN)CCN1CCC(O)C1. The molecule has 1 saturated heterocycles. The highest BCUT2D eigenvalue weighted by Gasteiger charge is 2.20.